The minimum absolute atomic E-state index is 0.224. The summed E-state index contributed by atoms with van der Waals surface area (Å²) >= 11 is 1.57. The molecule has 5 nitrogen and oxygen atoms in total. The van der Waals surface area contributed by atoms with Gasteiger partial charge in [-0.15, -0.1) is 0 Å². The SMILES string of the molecule is CC(C)c1snc2cnc(CC(C)(C)c3onc4cnccc34)cc12. The monoisotopic (exact) mass is 352 g/mol. The summed E-state index contributed by atoms with van der Waals surface area (Å²) in [6, 6.07) is 4.13. The smallest absolute Gasteiger partial charge is 0.150 e. The summed E-state index contributed by atoms with van der Waals surface area (Å²) in [4.78, 5) is 10.0. The molecule has 0 bridgehead atoms. The molecule has 0 N–H and O–H groups in total. The molecule has 4 aromatic rings. The molecule has 0 aliphatic carbocycles. The van der Waals surface area contributed by atoms with Crippen LogP contribution in [-0.2, 0) is 11.8 Å². The van der Waals surface area contributed by atoms with Crippen molar-refractivity contribution in [1.82, 2.24) is 19.5 Å². The molecule has 4 rings (SSSR count). The van der Waals surface area contributed by atoms with Gasteiger partial charge in [0.1, 0.15) is 11.0 Å². The van der Waals surface area contributed by atoms with Crippen molar-refractivity contribution in [3.63, 3.8) is 0 Å². The zero-order chi connectivity index (χ0) is 17.6. The zero-order valence-electron chi connectivity index (χ0n) is 14.8. The molecule has 0 unspecified atom stereocenters. The highest BCUT2D eigenvalue weighted by Crippen LogP contribution is 2.34. The standard InChI is InChI=1S/C19H20N4OS/c1-11(2)17-14-7-12(21-10-16(14)23-25-17)8-19(3,4)18-13-5-6-20-9-15(13)22-24-18/h5-7,9-11H,8H2,1-4H3. The van der Waals surface area contributed by atoms with Crippen LogP contribution in [0, 0.1) is 0 Å². The van der Waals surface area contributed by atoms with E-state index in [2.05, 4.69) is 53.3 Å². The highest BCUT2D eigenvalue weighted by molar-refractivity contribution is 7.07. The number of nitrogens with zero attached hydrogens (tertiary/aromatic N) is 4. The van der Waals surface area contributed by atoms with Crippen molar-refractivity contribution in [2.24, 2.45) is 0 Å². The number of hydrogen-bond acceptors (Lipinski definition) is 6. The maximum absolute atomic E-state index is 5.66. The fourth-order valence-electron chi connectivity index (χ4n) is 3.24. The molecule has 0 saturated heterocycles. The molecular formula is C19H20N4OS. The van der Waals surface area contributed by atoms with E-state index in [1.54, 1.807) is 23.9 Å². The van der Waals surface area contributed by atoms with Crippen LogP contribution in [0.5, 0.6) is 0 Å². The van der Waals surface area contributed by atoms with E-state index in [4.69, 9.17) is 4.52 Å². The number of aromatic nitrogens is 4. The van der Waals surface area contributed by atoms with Crippen molar-refractivity contribution in [2.75, 3.05) is 0 Å². The van der Waals surface area contributed by atoms with E-state index < -0.39 is 0 Å². The normalized spacial score (nSPS) is 12.5. The lowest BCUT2D eigenvalue weighted by Gasteiger charge is -2.21. The van der Waals surface area contributed by atoms with Crippen LogP contribution < -0.4 is 0 Å². The molecule has 0 atom stereocenters. The Morgan fingerprint density at radius 2 is 2.00 bits per heavy atom. The fourth-order valence-corrected chi connectivity index (χ4v) is 4.05. The van der Waals surface area contributed by atoms with E-state index in [1.165, 1.54) is 10.3 Å². The average Bonchev–Trinajstić information content (AvgIpc) is 3.18. The summed E-state index contributed by atoms with van der Waals surface area (Å²) in [5.41, 5.74) is 2.58. The number of hydrogen-bond donors (Lipinski definition) is 0. The highest BCUT2D eigenvalue weighted by Gasteiger charge is 2.29. The van der Waals surface area contributed by atoms with E-state index in [0.717, 1.165) is 34.3 Å². The van der Waals surface area contributed by atoms with Gasteiger partial charge >= 0.3 is 0 Å². The van der Waals surface area contributed by atoms with Crippen molar-refractivity contribution < 1.29 is 4.52 Å². The Labute approximate surface area is 150 Å². The lowest BCUT2D eigenvalue weighted by molar-refractivity contribution is 0.319. The largest absolute Gasteiger partial charge is 0.359 e. The van der Waals surface area contributed by atoms with Gasteiger partial charge in [0, 0.05) is 39.4 Å². The summed E-state index contributed by atoms with van der Waals surface area (Å²) < 4.78 is 10.2. The van der Waals surface area contributed by atoms with Gasteiger partial charge < -0.3 is 4.52 Å². The molecule has 4 aromatic heterocycles. The number of pyridine rings is 2. The number of fused-ring (bicyclic) bond motifs is 2. The Morgan fingerprint density at radius 3 is 2.80 bits per heavy atom. The molecule has 0 aliphatic heterocycles. The van der Waals surface area contributed by atoms with E-state index in [0.29, 0.717) is 5.92 Å². The molecule has 0 amide bonds. The van der Waals surface area contributed by atoms with Gasteiger partial charge in [-0.1, -0.05) is 32.9 Å². The quantitative estimate of drug-likeness (QED) is 0.524. The minimum Gasteiger partial charge on any atom is -0.359 e. The second kappa shape index (κ2) is 5.88. The summed E-state index contributed by atoms with van der Waals surface area (Å²) in [5, 5.41) is 6.37. The van der Waals surface area contributed by atoms with Gasteiger partial charge in [0.05, 0.1) is 12.4 Å². The molecule has 0 spiro atoms. The van der Waals surface area contributed by atoms with Crippen molar-refractivity contribution in [3.05, 3.63) is 47.1 Å². The van der Waals surface area contributed by atoms with Crippen LogP contribution in [0.1, 0.15) is 49.9 Å². The van der Waals surface area contributed by atoms with Crippen LogP contribution in [0.15, 0.2) is 35.2 Å². The Bertz CT molecular complexity index is 1050. The summed E-state index contributed by atoms with van der Waals surface area (Å²) in [7, 11) is 0. The molecule has 25 heavy (non-hydrogen) atoms. The molecule has 4 heterocycles. The second-order valence-electron chi connectivity index (χ2n) is 7.36. The van der Waals surface area contributed by atoms with Gasteiger partial charge in [-0.05, 0) is 29.6 Å². The first-order chi connectivity index (χ1) is 12.0. The van der Waals surface area contributed by atoms with Gasteiger partial charge in [0.2, 0.25) is 0 Å². The van der Waals surface area contributed by atoms with E-state index in [1.807, 2.05) is 12.3 Å². The molecule has 128 valence electrons. The first kappa shape index (κ1) is 16.1. The van der Waals surface area contributed by atoms with Crippen LogP contribution in [0.3, 0.4) is 0 Å². The maximum Gasteiger partial charge on any atom is 0.150 e. The Kier molecular flexibility index (Phi) is 3.80. The van der Waals surface area contributed by atoms with Gasteiger partial charge in [-0.3, -0.25) is 9.97 Å². The Hall–Kier alpha value is -2.34. The Balaban J connectivity index is 1.73. The van der Waals surface area contributed by atoms with Crippen LogP contribution in [0.4, 0.5) is 0 Å². The lowest BCUT2D eigenvalue weighted by atomic mass is 9.83. The molecule has 0 aliphatic rings. The van der Waals surface area contributed by atoms with Gasteiger partial charge in [-0.2, -0.15) is 4.37 Å². The van der Waals surface area contributed by atoms with Crippen molar-refractivity contribution in [3.8, 4) is 0 Å². The van der Waals surface area contributed by atoms with Crippen molar-refractivity contribution in [2.45, 2.75) is 45.4 Å². The highest BCUT2D eigenvalue weighted by atomic mass is 32.1. The predicted molar refractivity (Wildman–Crippen MR) is 100 cm³/mol. The number of rotatable bonds is 4. The predicted octanol–water partition coefficient (Wildman–Crippen LogP) is 4.87. The first-order valence-electron chi connectivity index (χ1n) is 8.40. The van der Waals surface area contributed by atoms with E-state index >= 15 is 0 Å². The van der Waals surface area contributed by atoms with E-state index in [-0.39, 0.29) is 5.41 Å². The molecule has 0 fully saturated rings. The molecule has 0 aromatic carbocycles. The average molecular weight is 352 g/mol. The second-order valence-corrected chi connectivity index (χ2v) is 8.16. The summed E-state index contributed by atoms with van der Waals surface area (Å²) in [6.45, 7) is 8.72. The van der Waals surface area contributed by atoms with E-state index in [9.17, 15) is 0 Å². The summed E-state index contributed by atoms with van der Waals surface area (Å²) in [6.07, 6.45) is 6.15. The van der Waals surface area contributed by atoms with Crippen LogP contribution in [-0.4, -0.2) is 19.5 Å². The third kappa shape index (κ3) is 2.80. The minimum atomic E-state index is -0.224. The van der Waals surface area contributed by atoms with Gasteiger partial charge in [0.15, 0.2) is 5.76 Å². The van der Waals surface area contributed by atoms with Crippen molar-refractivity contribution in [1.29, 1.82) is 0 Å². The van der Waals surface area contributed by atoms with Crippen LogP contribution >= 0.6 is 11.5 Å². The zero-order valence-corrected chi connectivity index (χ0v) is 15.6. The van der Waals surface area contributed by atoms with Gasteiger partial charge in [-0.25, -0.2) is 0 Å². The molecular weight excluding hydrogens is 332 g/mol. The van der Waals surface area contributed by atoms with Crippen LogP contribution in [0.25, 0.3) is 21.8 Å². The third-order valence-electron chi connectivity index (χ3n) is 4.49. The third-order valence-corrected chi connectivity index (χ3v) is 5.67. The van der Waals surface area contributed by atoms with Crippen LogP contribution in [0.2, 0.25) is 0 Å². The maximum atomic E-state index is 5.66. The molecule has 0 radical (unpaired) electrons. The lowest BCUT2D eigenvalue weighted by Crippen LogP contribution is -2.20. The van der Waals surface area contributed by atoms with Gasteiger partial charge in [0.25, 0.3) is 0 Å². The topological polar surface area (TPSA) is 64.7 Å². The summed E-state index contributed by atoms with van der Waals surface area (Å²) in [5.74, 6) is 1.34. The fraction of sp³-hybridized carbons (Fsp3) is 0.368. The first-order valence-corrected chi connectivity index (χ1v) is 9.17. The molecule has 6 heteroatoms. The van der Waals surface area contributed by atoms with Crippen molar-refractivity contribution >= 4 is 33.3 Å². The Morgan fingerprint density at radius 1 is 1.16 bits per heavy atom. The molecule has 0 saturated carbocycles.